The molecule has 8 nitrogen and oxygen atoms in total. The van der Waals surface area contributed by atoms with Crippen molar-refractivity contribution in [2.75, 3.05) is 38.2 Å². The molecule has 184 valence electrons. The Labute approximate surface area is 208 Å². The van der Waals surface area contributed by atoms with Crippen molar-refractivity contribution >= 4 is 40.0 Å². The fourth-order valence-electron chi connectivity index (χ4n) is 5.35. The number of carbonyl (C=O) groups is 4. The van der Waals surface area contributed by atoms with Crippen LogP contribution in [0.1, 0.15) is 41.6 Å². The first-order valence-corrected chi connectivity index (χ1v) is 13.0. The van der Waals surface area contributed by atoms with Crippen molar-refractivity contribution in [3.63, 3.8) is 0 Å². The van der Waals surface area contributed by atoms with Crippen molar-refractivity contribution in [1.82, 2.24) is 9.80 Å². The topological polar surface area (TPSA) is 96.0 Å². The molecular weight excluding hydrogens is 466 g/mol. The summed E-state index contributed by atoms with van der Waals surface area (Å²) in [6.07, 6.45) is 3.28. The van der Waals surface area contributed by atoms with Crippen LogP contribution in [0.15, 0.2) is 30.3 Å². The van der Waals surface area contributed by atoms with E-state index in [0.29, 0.717) is 49.7 Å². The Morgan fingerprint density at radius 3 is 2.29 bits per heavy atom. The van der Waals surface area contributed by atoms with E-state index in [1.807, 2.05) is 37.3 Å². The largest absolute Gasteiger partial charge is 0.378 e. The quantitative estimate of drug-likeness (QED) is 0.642. The van der Waals surface area contributed by atoms with Crippen LogP contribution in [0, 0.1) is 18.8 Å². The molecule has 0 radical (unpaired) electrons. The number of thiophene rings is 1. The average molecular weight is 496 g/mol. The number of hydrogen-bond donors (Lipinski definition) is 1. The standard InChI is InChI=1S/C26H29N3O5S/c1-16-21(26(33)28-11-13-34-14-12-28)23(35-22(16)17-7-3-2-4-8-17)27-20(30)15-29-24(31)18-9-5-6-10-19(18)25(29)32/h2-4,7-8,18-19H,5-6,9-15H2,1H3,(H,27,30). The maximum Gasteiger partial charge on any atom is 0.257 e. The van der Waals surface area contributed by atoms with Crippen LogP contribution in [0.25, 0.3) is 10.4 Å². The molecule has 2 aliphatic heterocycles. The molecule has 2 atom stereocenters. The number of amides is 4. The number of carbonyl (C=O) groups excluding carboxylic acids is 4. The molecule has 1 saturated carbocycles. The highest BCUT2D eigenvalue weighted by molar-refractivity contribution is 7.20. The van der Waals surface area contributed by atoms with Gasteiger partial charge in [0.05, 0.1) is 30.6 Å². The van der Waals surface area contributed by atoms with Gasteiger partial charge in [0.2, 0.25) is 17.7 Å². The molecule has 1 aromatic carbocycles. The van der Waals surface area contributed by atoms with Gasteiger partial charge in [-0.3, -0.25) is 24.1 Å². The van der Waals surface area contributed by atoms with Crippen LogP contribution in [0.4, 0.5) is 5.00 Å². The van der Waals surface area contributed by atoms with Crippen molar-refractivity contribution in [3.8, 4) is 10.4 Å². The van der Waals surface area contributed by atoms with Gasteiger partial charge in [-0.1, -0.05) is 43.2 Å². The molecule has 3 fully saturated rings. The Morgan fingerprint density at radius 1 is 1.03 bits per heavy atom. The van der Waals surface area contributed by atoms with E-state index in [0.717, 1.165) is 33.7 Å². The second-order valence-electron chi connectivity index (χ2n) is 9.34. The van der Waals surface area contributed by atoms with Crippen LogP contribution in [-0.2, 0) is 19.1 Å². The first-order valence-electron chi connectivity index (χ1n) is 12.2. The number of fused-ring (bicyclic) bond motifs is 1. The van der Waals surface area contributed by atoms with Crippen molar-refractivity contribution < 1.29 is 23.9 Å². The van der Waals surface area contributed by atoms with Crippen LogP contribution >= 0.6 is 11.3 Å². The number of hydrogen-bond acceptors (Lipinski definition) is 6. The molecule has 5 rings (SSSR count). The number of morpholine rings is 1. The Bertz CT molecular complexity index is 1130. The lowest BCUT2D eigenvalue weighted by Crippen LogP contribution is -2.41. The van der Waals surface area contributed by atoms with E-state index in [-0.39, 0.29) is 36.1 Å². The third-order valence-electron chi connectivity index (χ3n) is 7.18. The highest BCUT2D eigenvalue weighted by Gasteiger charge is 2.48. The molecule has 1 aromatic heterocycles. The van der Waals surface area contributed by atoms with Crippen molar-refractivity contribution in [1.29, 1.82) is 0 Å². The molecule has 4 amide bonds. The van der Waals surface area contributed by atoms with E-state index in [1.165, 1.54) is 11.3 Å². The minimum absolute atomic E-state index is 0.154. The van der Waals surface area contributed by atoms with Crippen LogP contribution in [0.5, 0.6) is 0 Å². The summed E-state index contributed by atoms with van der Waals surface area (Å²) >= 11 is 1.34. The van der Waals surface area contributed by atoms with Gasteiger partial charge in [-0.05, 0) is 30.9 Å². The monoisotopic (exact) mass is 495 g/mol. The lowest BCUT2D eigenvalue weighted by molar-refractivity contribution is -0.142. The summed E-state index contributed by atoms with van der Waals surface area (Å²) in [6.45, 7) is 3.49. The van der Waals surface area contributed by atoms with Crippen LogP contribution in [0.3, 0.4) is 0 Å². The van der Waals surface area contributed by atoms with E-state index >= 15 is 0 Å². The number of anilines is 1. The molecule has 1 N–H and O–H groups in total. The molecule has 3 heterocycles. The van der Waals surface area contributed by atoms with Gasteiger partial charge in [0, 0.05) is 18.0 Å². The maximum absolute atomic E-state index is 13.5. The number of imide groups is 1. The van der Waals surface area contributed by atoms with E-state index in [9.17, 15) is 19.2 Å². The molecule has 2 unspecified atom stereocenters. The minimum Gasteiger partial charge on any atom is -0.378 e. The molecule has 2 aromatic rings. The first kappa shape index (κ1) is 23.7. The lowest BCUT2D eigenvalue weighted by atomic mass is 9.81. The van der Waals surface area contributed by atoms with Crippen molar-refractivity contribution in [2.24, 2.45) is 11.8 Å². The van der Waals surface area contributed by atoms with E-state index in [2.05, 4.69) is 5.32 Å². The summed E-state index contributed by atoms with van der Waals surface area (Å²) < 4.78 is 5.39. The summed E-state index contributed by atoms with van der Waals surface area (Å²) in [5.41, 5.74) is 2.21. The highest BCUT2D eigenvalue weighted by atomic mass is 32.1. The van der Waals surface area contributed by atoms with Crippen LogP contribution in [0.2, 0.25) is 0 Å². The predicted molar refractivity (Wildman–Crippen MR) is 132 cm³/mol. The van der Waals surface area contributed by atoms with Gasteiger partial charge in [-0.15, -0.1) is 11.3 Å². The molecule has 35 heavy (non-hydrogen) atoms. The summed E-state index contributed by atoms with van der Waals surface area (Å²) in [4.78, 5) is 56.0. The highest BCUT2D eigenvalue weighted by Crippen LogP contribution is 2.41. The molecule has 0 spiro atoms. The van der Waals surface area contributed by atoms with Gasteiger partial charge < -0.3 is 15.0 Å². The summed E-state index contributed by atoms with van der Waals surface area (Å²) in [7, 11) is 0. The van der Waals surface area contributed by atoms with E-state index < -0.39 is 5.91 Å². The molecular formula is C26H29N3O5S. The SMILES string of the molecule is Cc1c(-c2ccccc2)sc(NC(=O)CN2C(=O)C3CCCCC3C2=O)c1C(=O)N1CCOCC1. The third kappa shape index (κ3) is 4.50. The number of benzene rings is 1. The van der Waals surface area contributed by atoms with E-state index in [1.54, 1.807) is 4.90 Å². The zero-order valence-electron chi connectivity index (χ0n) is 19.7. The fourth-order valence-corrected chi connectivity index (χ4v) is 6.57. The Hall–Kier alpha value is -3.04. The smallest absolute Gasteiger partial charge is 0.257 e. The number of likely N-dealkylation sites (tertiary alicyclic amines) is 1. The summed E-state index contributed by atoms with van der Waals surface area (Å²) in [6, 6.07) is 9.73. The van der Waals surface area contributed by atoms with Crippen molar-refractivity contribution in [3.05, 3.63) is 41.5 Å². The lowest BCUT2D eigenvalue weighted by Gasteiger charge is -2.27. The average Bonchev–Trinajstić information content (AvgIpc) is 3.33. The molecule has 2 saturated heterocycles. The number of nitrogens with one attached hydrogen (secondary N) is 1. The molecule has 9 heteroatoms. The maximum atomic E-state index is 13.5. The second-order valence-corrected chi connectivity index (χ2v) is 10.4. The number of nitrogens with zero attached hydrogens (tertiary/aromatic N) is 2. The Balaban J connectivity index is 1.41. The van der Waals surface area contributed by atoms with Gasteiger partial charge in [0.25, 0.3) is 5.91 Å². The first-order chi connectivity index (χ1) is 17.0. The summed E-state index contributed by atoms with van der Waals surface area (Å²) in [5.74, 6) is -1.70. The number of ether oxygens (including phenoxy) is 1. The fraction of sp³-hybridized carbons (Fsp3) is 0.462. The Kier molecular flexibility index (Phi) is 6.71. The van der Waals surface area contributed by atoms with Gasteiger partial charge in [-0.25, -0.2) is 0 Å². The predicted octanol–water partition coefficient (Wildman–Crippen LogP) is 3.31. The second kappa shape index (κ2) is 9.91. The zero-order valence-corrected chi connectivity index (χ0v) is 20.6. The van der Waals surface area contributed by atoms with Gasteiger partial charge in [0.1, 0.15) is 11.5 Å². The Morgan fingerprint density at radius 2 is 1.66 bits per heavy atom. The van der Waals surface area contributed by atoms with Crippen LogP contribution < -0.4 is 5.32 Å². The molecule has 3 aliphatic rings. The van der Waals surface area contributed by atoms with Gasteiger partial charge in [0.15, 0.2) is 0 Å². The molecule has 0 bridgehead atoms. The van der Waals surface area contributed by atoms with Crippen molar-refractivity contribution in [2.45, 2.75) is 32.6 Å². The van der Waals surface area contributed by atoms with Gasteiger partial charge in [-0.2, -0.15) is 0 Å². The normalized spacial score (nSPS) is 22.3. The van der Waals surface area contributed by atoms with Gasteiger partial charge >= 0.3 is 0 Å². The molecule has 1 aliphatic carbocycles. The number of rotatable bonds is 5. The van der Waals surface area contributed by atoms with E-state index in [4.69, 9.17) is 4.74 Å². The zero-order chi connectivity index (χ0) is 24.5. The minimum atomic E-state index is -0.470. The third-order valence-corrected chi connectivity index (χ3v) is 8.44. The summed E-state index contributed by atoms with van der Waals surface area (Å²) in [5, 5.41) is 3.31. The van der Waals surface area contributed by atoms with Crippen LogP contribution in [-0.4, -0.2) is 66.3 Å².